The summed E-state index contributed by atoms with van der Waals surface area (Å²) in [6.45, 7) is 1.52. The number of aromatic nitrogens is 1. The summed E-state index contributed by atoms with van der Waals surface area (Å²) in [5, 5.41) is 11.1. The van der Waals surface area contributed by atoms with E-state index >= 15 is 0 Å². The Balaban J connectivity index is 1.43. The van der Waals surface area contributed by atoms with E-state index in [0.29, 0.717) is 36.7 Å². The van der Waals surface area contributed by atoms with Gasteiger partial charge in [0.05, 0.1) is 4.92 Å². The summed E-state index contributed by atoms with van der Waals surface area (Å²) >= 11 is 0. The van der Waals surface area contributed by atoms with Crippen molar-refractivity contribution in [3.63, 3.8) is 0 Å². The van der Waals surface area contributed by atoms with Crippen LogP contribution in [0.15, 0.2) is 35.1 Å². The van der Waals surface area contributed by atoms with Crippen LogP contribution in [0.4, 0.5) is 5.69 Å². The number of amides is 1. The number of hydrogen-bond acceptors (Lipinski definition) is 6. The molecule has 9 heteroatoms. The van der Waals surface area contributed by atoms with Crippen molar-refractivity contribution in [1.29, 1.82) is 0 Å². The Labute approximate surface area is 159 Å². The van der Waals surface area contributed by atoms with Gasteiger partial charge in [-0.3, -0.25) is 19.7 Å². The molecule has 1 aromatic carbocycles. The number of fused-ring (bicyclic) bond motifs is 5. The first kappa shape index (κ1) is 16.8. The highest BCUT2D eigenvalue weighted by Gasteiger charge is 2.38. The second-order valence-corrected chi connectivity index (χ2v) is 7.39. The van der Waals surface area contributed by atoms with E-state index in [2.05, 4.69) is 0 Å². The summed E-state index contributed by atoms with van der Waals surface area (Å²) in [6, 6.07) is 8.06. The quantitative estimate of drug-likeness (QED) is 0.578. The normalized spacial score (nSPS) is 21.9. The lowest BCUT2D eigenvalue weighted by Crippen LogP contribution is -2.49. The van der Waals surface area contributed by atoms with E-state index in [1.165, 1.54) is 10.6 Å². The molecule has 3 aliphatic heterocycles. The van der Waals surface area contributed by atoms with Crippen LogP contribution in [0.25, 0.3) is 0 Å². The number of rotatable bonds is 2. The highest BCUT2D eigenvalue weighted by molar-refractivity contribution is 5.95. The molecule has 0 unspecified atom stereocenters. The van der Waals surface area contributed by atoms with Crippen LogP contribution in [0.1, 0.15) is 28.4 Å². The van der Waals surface area contributed by atoms with Gasteiger partial charge in [0, 0.05) is 42.9 Å². The molecule has 5 rings (SSSR count). The van der Waals surface area contributed by atoms with E-state index < -0.39 is 16.2 Å². The van der Waals surface area contributed by atoms with Crippen molar-refractivity contribution >= 4 is 11.6 Å². The second-order valence-electron chi connectivity index (χ2n) is 7.39. The molecule has 0 saturated carbocycles. The molecule has 9 nitrogen and oxygen atoms in total. The van der Waals surface area contributed by atoms with Gasteiger partial charge in [-0.2, -0.15) is 0 Å². The van der Waals surface area contributed by atoms with Crippen LogP contribution in [0.3, 0.4) is 0 Å². The Morgan fingerprint density at radius 3 is 2.75 bits per heavy atom. The molecule has 1 saturated heterocycles. The topological polar surface area (TPSA) is 104 Å². The van der Waals surface area contributed by atoms with Crippen LogP contribution < -0.4 is 15.0 Å². The SMILES string of the molecule is O=C(c1ccc2c(c1)OCO2)N1C[C@@H]2C[C@H](C1)c1ccc([N+](=O)[O-])c(=O)n1C2. The van der Waals surface area contributed by atoms with Crippen molar-refractivity contribution in [2.75, 3.05) is 19.9 Å². The van der Waals surface area contributed by atoms with Crippen molar-refractivity contribution in [1.82, 2.24) is 9.47 Å². The van der Waals surface area contributed by atoms with Crippen molar-refractivity contribution < 1.29 is 19.2 Å². The fraction of sp³-hybridized carbons (Fsp3) is 0.368. The van der Waals surface area contributed by atoms with Crippen LogP contribution in [-0.4, -0.2) is 40.2 Å². The first-order valence-corrected chi connectivity index (χ1v) is 9.08. The number of hydrogen-bond donors (Lipinski definition) is 0. The smallest absolute Gasteiger partial charge is 0.334 e. The minimum atomic E-state index is -0.643. The Morgan fingerprint density at radius 2 is 1.93 bits per heavy atom. The van der Waals surface area contributed by atoms with Crippen LogP contribution in [0.2, 0.25) is 0 Å². The largest absolute Gasteiger partial charge is 0.454 e. The second kappa shape index (κ2) is 6.08. The van der Waals surface area contributed by atoms with Gasteiger partial charge in [-0.25, -0.2) is 0 Å². The third-order valence-corrected chi connectivity index (χ3v) is 5.69. The van der Waals surface area contributed by atoms with Crippen LogP contribution in [0.5, 0.6) is 11.5 Å². The van der Waals surface area contributed by atoms with E-state index in [1.807, 2.05) is 0 Å². The lowest BCUT2D eigenvalue weighted by molar-refractivity contribution is -0.386. The monoisotopic (exact) mass is 383 g/mol. The summed E-state index contributed by atoms with van der Waals surface area (Å²) in [4.78, 5) is 37.7. The predicted molar refractivity (Wildman–Crippen MR) is 96.7 cm³/mol. The molecule has 1 amide bonds. The summed E-state index contributed by atoms with van der Waals surface area (Å²) in [7, 11) is 0. The maximum Gasteiger partial charge on any atom is 0.334 e. The Hall–Kier alpha value is -3.36. The molecule has 0 spiro atoms. The van der Waals surface area contributed by atoms with Gasteiger partial charge in [0.2, 0.25) is 6.79 Å². The minimum Gasteiger partial charge on any atom is -0.454 e. The number of nitrogens with zero attached hydrogens (tertiary/aromatic N) is 3. The number of ether oxygens (including phenoxy) is 2. The predicted octanol–water partition coefficient (Wildman–Crippen LogP) is 1.74. The average Bonchev–Trinajstić information content (AvgIpc) is 3.15. The van der Waals surface area contributed by atoms with Crippen molar-refractivity contribution in [2.45, 2.75) is 18.9 Å². The van der Waals surface area contributed by atoms with Crippen LogP contribution >= 0.6 is 0 Å². The first-order valence-electron chi connectivity index (χ1n) is 9.08. The molecule has 1 aromatic heterocycles. The molecular weight excluding hydrogens is 366 g/mol. The number of nitro groups is 1. The van der Waals surface area contributed by atoms with Gasteiger partial charge >= 0.3 is 11.2 Å². The minimum absolute atomic E-state index is 0.0148. The van der Waals surface area contributed by atoms with Crippen molar-refractivity contribution in [3.8, 4) is 11.5 Å². The van der Waals surface area contributed by atoms with E-state index in [9.17, 15) is 19.7 Å². The highest BCUT2D eigenvalue weighted by Crippen LogP contribution is 2.37. The lowest BCUT2D eigenvalue weighted by atomic mass is 9.83. The van der Waals surface area contributed by atoms with Gasteiger partial charge < -0.3 is 18.9 Å². The number of carbonyl (C=O) groups is 1. The molecule has 0 N–H and O–H groups in total. The fourth-order valence-corrected chi connectivity index (χ4v) is 4.45. The average molecular weight is 383 g/mol. The summed E-state index contributed by atoms with van der Waals surface area (Å²) < 4.78 is 12.2. The third-order valence-electron chi connectivity index (χ3n) is 5.69. The Bertz CT molecular complexity index is 1060. The van der Waals surface area contributed by atoms with Gasteiger partial charge in [-0.15, -0.1) is 0 Å². The van der Waals surface area contributed by atoms with Crippen molar-refractivity contribution in [3.05, 3.63) is 62.1 Å². The summed E-state index contributed by atoms with van der Waals surface area (Å²) in [6.07, 6.45) is 0.863. The number of pyridine rings is 1. The molecule has 1 fully saturated rings. The molecular formula is C19H17N3O6. The van der Waals surface area contributed by atoms with Crippen molar-refractivity contribution in [2.24, 2.45) is 5.92 Å². The lowest BCUT2D eigenvalue weighted by Gasteiger charge is -2.42. The standard InChI is InChI=1S/C19H17N3O6/c23-18(12-1-4-16-17(6-12)28-10-27-16)20-7-11-5-13(9-20)14-2-3-15(22(25)26)19(24)21(14)8-11/h1-4,6,11,13H,5,7-10H2/t11-,13+/m0/s1. The molecule has 4 heterocycles. The highest BCUT2D eigenvalue weighted by atomic mass is 16.7. The molecule has 144 valence electrons. The number of carbonyl (C=O) groups excluding carboxylic acids is 1. The van der Waals surface area contributed by atoms with Gasteiger partial charge in [0.25, 0.3) is 5.91 Å². The Morgan fingerprint density at radius 1 is 1.11 bits per heavy atom. The molecule has 2 aromatic rings. The molecule has 28 heavy (non-hydrogen) atoms. The first-order chi connectivity index (χ1) is 13.5. The zero-order chi connectivity index (χ0) is 19.4. The van der Waals surface area contributed by atoms with Crippen LogP contribution in [0, 0.1) is 16.0 Å². The van der Waals surface area contributed by atoms with Gasteiger partial charge in [0.15, 0.2) is 11.5 Å². The summed E-state index contributed by atoms with van der Waals surface area (Å²) in [5.74, 6) is 1.17. The summed E-state index contributed by atoms with van der Waals surface area (Å²) in [5.41, 5.74) is 0.324. The molecule has 2 atom stereocenters. The zero-order valence-electron chi connectivity index (χ0n) is 14.9. The molecule has 0 radical (unpaired) electrons. The van der Waals surface area contributed by atoms with E-state index in [-0.39, 0.29) is 24.5 Å². The number of piperidine rings is 1. The van der Waals surface area contributed by atoms with E-state index in [0.717, 1.165) is 12.1 Å². The zero-order valence-corrected chi connectivity index (χ0v) is 14.9. The third kappa shape index (κ3) is 2.54. The van der Waals surface area contributed by atoms with E-state index in [4.69, 9.17) is 9.47 Å². The van der Waals surface area contributed by atoms with Crippen LogP contribution in [-0.2, 0) is 6.54 Å². The Kier molecular flexibility index (Phi) is 3.65. The molecule has 0 aliphatic carbocycles. The van der Waals surface area contributed by atoms with Gasteiger partial charge in [-0.1, -0.05) is 0 Å². The number of benzene rings is 1. The fourth-order valence-electron chi connectivity index (χ4n) is 4.45. The molecule has 2 bridgehead atoms. The molecule has 3 aliphatic rings. The maximum absolute atomic E-state index is 13.0. The van der Waals surface area contributed by atoms with E-state index in [1.54, 1.807) is 29.2 Å². The maximum atomic E-state index is 13.0. The van der Waals surface area contributed by atoms with Gasteiger partial charge in [0.1, 0.15) is 0 Å². The number of likely N-dealkylation sites (tertiary alicyclic amines) is 1. The van der Waals surface area contributed by atoms with Gasteiger partial charge in [-0.05, 0) is 36.6 Å².